The number of carbonyl (C=O) groups excluding carboxylic acids is 1. The second kappa shape index (κ2) is 11.1. The number of urea groups is 1. The van der Waals surface area contributed by atoms with Crippen LogP contribution in [0.2, 0.25) is 0 Å². The van der Waals surface area contributed by atoms with E-state index in [1.165, 1.54) is 12.1 Å². The third-order valence-corrected chi connectivity index (χ3v) is 6.87. The van der Waals surface area contributed by atoms with Gasteiger partial charge in [0.1, 0.15) is 0 Å². The van der Waals surface area contributed by atoms with E-state index in [0.717, 1.165) is 56.5 Å². The van der Waals surface area contributed by atoms with E-state index in [4.69, 9.17) is 0 Å². The maximum absolute atomic E-state index is 13.2. The highest BCUT2D eigenvalue weighted by atomic mass is 32.3. The number of hydrogen-bond donors (Lipinski definition) is 1. The first kappa shape index (κ1) is 24.5. The third kappa shape index (κ3) is 6.65. The number of piperidine rings is 1. The maximum Gasteiger partial charge on any atom is 0.322 e. The molecule has 0 spiro atoms. The van der Waals surface area contributed by atoms with Crippen LogP contribution in [0.5, 0.6) is 0 Å². The summed E-state index contributed by atoms with van der Waals surface area (Å²) in [6, 6.07) is 14.8. The molecule has 0 aliphatic carbocycles. The summed E-state index contributed by atoms with van der Waals surface area (Å²) in [5.41, 5.74) is 1.17. The van der Waals surface area contributed by atoms with Crippen molar-refractivity contribution in [1.82, 2.24) is 9.80 Å². The van der Waals surface area contributed by atoms with E-state index >= 15 is 0 Å². The molecule has 2 aromatic carbocycles. The molecule has 1 saturated heterocycles. The zero-order valence-corrected chi connectivity index (χ0v) is 19.5. The van der Waals surface area contributed by atoms with Gasteiger partial charge in [0.15, 0.2) is 0 Å². The first-order valence-corrected chi connectivity index (χ1v) is 12.5. The standard InChI is InChI=1S/C24H32F3N3OS/c1-3-8-19(2)29-15-13-22(14-16-29)30(18-20-9-5-4-6-10-20)24(31)28-21-11-7-12-23(17-21)32(25,26)27/h4-7,9-12,17,19,22H,3,8,13-16,18H2,1-2H3,(H,28,31). The minimum atomic E-state index is -5.34. The average molecular weight is 468 g/mol. The van der Waals surface area contributed by atoms with Crippen molar-refractivity contribution in [2.45, 2.75) is 63.1 Å². The molecule has 0 saturated carbocycles. The zero-order chi connectivity index (χ0) is 23.1. The molecule has 176 valence electrons. The number of benzene rings is 2. The summed E-state index contributed by atoms with van der Waals surface area (Å²) < 4.78 is 39.5. The molecule has 1 unspecified atom stereocenters. The molecule has 0 aromatic heterocycles. The third-order valence-electron chi connectivity index (χ3n) is 6.08. The van der Waals surface area contributed by atoms with Crippen LogP contribution >= 0.6 is 11.2 Å². The van der Waals surface area contributed by atoms with Crippen LogP contribution in [0.3, 0.4) is 0 Å². The summed E-state index contributed by atoms with van der Waals surface area (Å²) in [7, 11) is 0. The van der Waals surface area contributed by atoms with E-state index in [0.29, 0.717) is 12.6 Å². The van der Waals surface area contributed by atoms with E-state index in [9.17, 15) is 16.5 Å². The van der Waals surface area contributed by atoms with Gasteiger partial charge in [0.25, 0.3) is 0 Å². The van der Waals surface area contributed by atoms with E-state index in [1.807, 2.05) is 30.3 Å². The van der Waals surface area contributed by atoms with E-state index in [2.05, 4.69) is 24.1 Å². The average Bonchev–Trinajstić information content (AvgIpc) is 2.78. The van der Waals surface area contributed by atoms with Crippen LogP contribution in [0.4, 0.5) is 22.1 Å². The number of halogens is 3. The van der Waals surface area contributed by atoms with Gasteiger partial charge in [0.05, 0.1) is 4.90 Å². The Morgan fingerprint density at radius 1 is 1.12 bits per heavy atom. The minimum Gasteiger partial charge on any atom is -0.317 e. The van der Waals surface area contributed by atoms with Crippen molar-refractivity contribution in [3.8, 4) is 0 Å². The predicted molar refractivity (Wildman–Crippen MR) is 126 cm³/mol. The monoisotopic (exact) mass is 467 g/mol. The molecule has 1 atom stereocenters. The predicted octanol–water partition coefficient (Wildman–Crippen LogP) is 7.19. The quantitative estimate of drug-likeness (QED) is 0.446. The summed E-state index contributed by atoms with van der Waals surface area (Å²) >= 11 is -5.34. The lowest BCUT2D eigenvalue weighted by molar-refractivity contribution is 0.0989. The lowest BCUT2D eigenvalue weighted by atomic mass is 10.00. The summed E-state index contributed by atoms with van der Waals surface area (Å²) in [5.74, 6) is 0. The molecular formula is C24H32F3N3OS. The number of likely N-dealkylation sites (tertiary alicyclic amines) is 1. The Labute approximate surface area is 191 Å². The molecule has 3 rings (SSSR count). The normalized spacial score (nSPS) is 17.0. The van der Waals surface area contributed by atoms with Gasteiger partial charge in [-0.1, -0.05) is 49.7 Å². The fourth-order valence-corrected chi connectivity index (χ4v) is 4.79. The number of anilines is 1. The molecule has 2 aromatic rings. The van der Waals surface area contributed by atoms with Crippen molar-refractivity contribution < 1.29 is 16.5 Å². The minimum absolute atomic E-state index is 0.0386. The maximum atomic E-state index is 13.2. The van der Waals surface area contributed by atoms with Crippen molar-refractivity contribution in [2.75, 3.05) is 18.4 Å². The van der Waals surface area contributed by atoms with Crippen LogP contribution in [0.1, 0.15) is 45.1 Å². The molecule has 1 fully saturated rings. The van der Waals surface area contributed by atoms with Gasteiger partial charge in [-0.15, -0.1) is 11.7 Å². The van der Waals surface area contributed by atoms with E-state index < -0.39 is 16.1 Å². The molecule has 0 radical (unpaired) electrons. The Bertz CT molecular complexity index is 870. The Morgan fingerprint density at radius 3 is 2.44 bits per heavy atom. The fraction of sp³-hybridized carbons (Fsp3) is 0.458. The molecule has 32 heavy (non-hydrogen) atoms. The molecule has 8 heteroatoms. The Kier molecular flexibility index (Phi) is 8.48. The van der Waals surface area contributed by atoms with Gasteiger partial charge in [-0.05, 0) is 49.9 Å². The van der Waals surface area contributed by atoms with Crippen LogP contribution in [0.15, 0.2) is 59.5 Å². The second-order valence-electron chi connectivity index (χ2n) is 8.38. The number of nitrogens with zero attached hydrogens (tertiary/aromatic N) is 2. The van der Waals surface area contributed by atoms with Gasteiger partial charge in [-0.2, -0.15) is 0 Å². The molecule has 1 aliphatic rings. The summed E-state index contributed by atoms with van der Waals surface area (Å²) in [6.45, 7) is 6.68. The van der Waals surface area contributed by atoms with Gasteiger partial charge in [0.2, 0.25) is 11.2 Å². The SMILES string of the molecule is CCCC(C)N1CCC(N(Cc2ccccc2)C(=O)Nc2cccc(S(F)(F)F)c2)CC1. The lowest BCUT2D eigenvalue weighted by Gasteiger charge is -2.40. The molecular weight excluding hydrogens is 435 g/mol. The highest BCUT2D eigenvalue weighted by Gasteiger charge is 2.30. The molecule has 1 aliphatic heterocycles. The Balaban J connectivity index is 1.74. The van der Waals surface area contributed by atoms with Gasteiger partial charge >= 0.3 is 6.03 Å². The molecule has 2 amide bonds. The first-order chi connectivity index (χ1) is 15.3. The Hall–Kier alpha value is -2.19. The van der Waals surface area contributed by atoms with Crippen LogP contribution in [0.25, 0.3) is 0 Å². The van der Waals surface area contributed by atoms with Crippen molar-refractivity contribution in [3.63, 3.8) is 0 Å². The van der Waals surface area contributed by atoms with Crippen molar-refractivity contribution in [2.24, 2.45) is 0 Å². The summed E-state index contributed by atoms with van der Waals surface area (Å²) in [5, 5.41) is 2.71. The van der Waals surface area contributed by atoms with E-state index in [1.54, 1.807) is 4.90 Å². The van der Waals surface area contributed by atoms with Crippen LogP contribution < -0.4 is 5.32 Å². The molecule has 1 N–H and O–H groups in total. The summed E-state index contributed by atoms with van der Waals surface area (Å²) in [4.78, 5) is 16.8. The first-order valence-electron chi connectivity index (χ1n) is 11.2. The topological polar surface area (TPSA) is 35.6 Å². The number of amides is 2. The number of nitrogens with one attached hydrogen (secondary N) is 1. The zero-order valence-electron chi connectivity index (χ0n) is 18.6. The smallest absolute Gasteiger partial charge is 0.317 e. The van der Waals surface area contributed by atoms with E-state index in [-0.39, 0.29) is 17.8 Å². The fourth-order valence-electron chi connectivity index (χ4n) is 4.30. The number of hydrogen-bond acceptors (Lipinski definition) is 2. The second-order valence-corrected chi connectivity index (χ2v) is 9.67. The highest BCUT2D eigenvalue weighted by Crippen LogP contribution is 2.60. The van der Waals surface area contributed by atoms with Gasteiger partial charge < -0.3 is 15.1 Å². The van der Waals surface area contributed by atoms with Gasteiger partial charge in [-0.25, -0.2) is 4.79 Å². The van der Waals surface area contributed by atoms with Crippen LogP contribution in [0, 0.1) is 0 Å². The number of carbonyl (C=O) groups is 1. The largest absolute Gasteiger partial charge is 0.322 e. The van der Waals surface area contributed by atoms with Gasteiger partial charge in [-0.3, -0.25) is 0 Å². The number of rotatable bonds is 8. The van der Waals surface area contributed by atoms with Crippen LogP contribution in [-0.4, -0.2) is 41.0 Å². The molecule has 0 bridgehead atoms. The van der Waals surface area contributed by atoms with Crippen molar-refractivity contribution in [1.29, 1.82) is 0 Å². The molecule has 1 heterocycles. The van der Waals surface area contributed by atoms with Crippen LogP contribution in [-0.2, 0) is 6.54 Å². The Morgan fingerprint density at radius 2 is 1.81 bits per heavy atom. The summed E-state index contributed by atoms with van der Waals surface area (Å²) in [6.07, 6.45) is 3.99. The van der Waals surface area contributed by atoms with Gasteiger partial charge in [0, 0.05) is 37.4 Å². The lowest BCUT2D eigenvalue weighted by Crippen LogP contribution is -2.50. The highest BCUT2D eigenvalue weighted by molar-refractivity contribution is 8.20. The van der Waals surface area contributed by atoms with Crippen molar-refractivity contribution >= 4 is 22.9 Å². The van der Waals surface area contributed by atoms with Crippen molar-refractivity contribution in [3.05, 3.63) is 60.2 Å². The molecule has 4 nitrogen and oxygen atoms in total.